The maximum Gasteiger partial charge on any atom is 0.309 e. The molecule has 0 bridgehead atoms. The van der Waals surface area contributed by atoms with Crippen LogP contribution in [-0.4, -0.2) is 64.9 Å². The molecule has 3 N–H and O–H groups in total. The van der Waals surface area contributed by atoms with E-state index in [0.717, 1.165) is 50.6 Å². The Morgan fingerprint density at radius 3 is 2.36 bits per heavy atom. The molecule has 2 rings (SSSR count). The second-order valence-corrected chi connectivity index (χ2v) is 6.08. The van der Waals surface area contributed by atoms with Gasteiger partial charge in [0.2, 0.25) is 0 Å². The molecule has 0 spiro atoms. The van der Waals surface area contributed by atoms with Crippen molar-refractivity contribution >= 4 is 11.8 Å². The van der Waals surface area contributed by atoms with Crippen LogP contribution >= 0.6 is 0 Å². The monoisotopic (exact) mass is 350 g/mol. The average Bonchev–Trinajstić information content (AvgIpc) is 2.66. The molecule has 1 saturated heterocycles. The lowest BCUT2D eigenvalue weighted by atomic mass is 10.1. The van der Waals surface area contributed by atoms with Crippen LogP contribution in [0.25, 0.3) is 0 Å². The summed E-state index contributed by atoms with van der Waals surface area (Å²) in [6.45, 7) is 5.57. The van der Waals surface area contributed by atoms with E-state index in [-0.39, 0.29) is 0 Å². The van der Waals surface area contributed by atoms with Crippen molar-refractivity contribution < 1.29 is 24.0 Å². The number of nitrogens with one attached hydrogen (secondary N) is 3. The molecule has 7 heteroatoms. The van der Waals surface area contributed by atoms with Crippen LogP contribution in [0.1, 0.15) is 12.0 Å². The zero-order chi connectivity index (χ0) is 17.9. The summed E-state index contributed by atoms with van der Waals surface area (Å²) in [5.74, 6) is -0.343. The normalized spacial score (nSPS) is 14.8. The highest BCUT2D eigenvalue weighted by molar-refractivity contribution is 6.35. The van der Waals surface area contributed by atoms with Gasteiger partial charge in [0.1, 0.15) is 18.8 Å². The van der Waals surface area contributed by atoms with E-state index in [9.17, 15) is 9.59 Å². The topological polar surface area (TPSA) is 81.1 Å². The minimum absolute atomic E-state index is 0.427. The van der Waals surface area contributed by atoms with Crippen molar-refractivity contribution in [3.05, 3.63) is 29.8 Å². The molecule has 1 aromatic rings. The van der Waals surface area contributed by atoms with Crippen molar-refractivity contribution in [1.82, 2.24) is 10.6 Å². The molecular weight excluding hydrogens is 322 g/mol. The maximum atomic E-state index is 11.8. The van der Waals surface area contributed by atoms with Gasteiger partial charge in [0.05, 0.1) is 26.9 Å². The maximum absolute atomic E-state index is 11.8. The second-order valence-electron chi connectivity index (χ2n) is 6.08. The number of quaternary nitrogens is 1. The number of hydrogen-bond acceptors (Lipinski definition) is 4. The lowest BCUT2D eigenvalue weighted by Crippen LogP contribution is -3.14. The van der Waals surface area contributed by atoms with E-state index in [2.05, 4.69) is 10.6 Å². The summed E-state index contributed by atoms with van der Waals surface area (Å²) in [5.41, 5.74) is 1.08. The number of carbonyl (C=O) groups excluding carboxylic acids is 2. The molecule has 2 amide bonds. The van der Waals surface area contributed by atoms with Crippen molar-refractivity contribution in [2.24, 2.45) is 0 Å². The number of hydrogen-bond donors (Lipinski definition) is 3. The van der Waals surface area contributed by atoms with Crippen LogP contribution in [0, 0.1) is 0 Å². The van der Waals surface area contributed by atoms with Gasteiger partial charge in [-0.1, -0.05) is 12.1 Å². The number of carbonyl (C=O) groups is 2. The van der Waals surface area contributed by atoms with Crippen molar-refractivity contribution in [2.75, 3.05) is 53.0 Å². The molecular formula is C18H28N3O4+. The molecule has 0 saturated carbocycles. The number of methoxy groups -OCH3 is 1. The minimum atomic E-state index is -0.577. The molecule has 1 aromatic carbocycles. The van der Waals surface area contributed by atoms with Gasteiger partial charge in [-0.15, -0.1) is 0 Å². The van der Waals surface area contributed by atoms with Crippen molar-refractivity contribution in [3.8, 4) is 5.75 Å². The van der Waals surface area contributed by atoms with E-state index in [1.165, 1.54) is 4.90 Å². The molecule has 0 radical (unpaired) electrons. The molecule has 7 nitrogen and oxygen atoms in total. The Bertz CT molecular complexity index is 542. The predicted molar refractivity (Wildman–Crippen MR) is 93.7 cm³/mol. The molecule has 0 aliphatic carbocycles. The Morgan fingerprint density at radius 2 is 1.72 bits per heavy atom. The third-order valence-electron chi connectivity index (χ3n) is 4.26. The molecule has 1 fully saturated rings. The first-order valence-electron chi connectivity index (χ1n) is 8.79. The number of benzene rings is 1. The fourth-order valence-corrected chi connectivity index (χ4v) is 2.72. The third-order valence-corrected chi connectivity index (χ3v) is 4.26. The summed E-state index contributed by atoms with van der Waals surface area (Å²) in [5, 5.41) is 5.32. The van der Waals surface area contributed by atoms with Gasteiger partial charge >= 0.3 is 11.8 Å². The highest BCUT2D eigenvalue weighted by Gasteiger charge is 2.15. The summed E-state index contributed by atoms with van der Waals surface area (Å²) in [6.07, 6.45) is 1.53. The van der Waals surface area contributed by atoms with Gasteiger partial charge in [-0.2, -0.15) is 0 Å². The van der Waals surface area contributed by atoms with E-state index in [0.29, 0.717) is 19.5 Å². The number of morpholine rings is 1. The van der Waals surface area contributed by atoms with E-state index in [1.54, 1.807) is 7.11 Å². The molecule has 0 atom stereocenters. The summed E-state index contributed by atoms with van der Waals surface area (Å²) in [4.78, 5) is 25.0. The summed E-state index contributed by atoms with van der Waals surface area (Å²) in [6, 6.07) is 7.64. The lowest BCUT2D eigenvalue weighted by Gasteiger charge is -2.23. The number of rotatable bonds is 8. The first-order valence-corrected chi connectivity index (χ1v) is 8.79. The quantitative estimate of drug-likeness (QED) is 0.405. The fourth-order valence-electron chi connectivity index (χ4n) is 2.72. The molecule has 0 aromatic heterocycles. The van der Waals surface area contributed by atoms with Crippen molar-refractivity contribution in [2.45, 2.75) is 12.8 Å². The molecule has 1 aliphatic heterocycles. The van der Waals surface area contributed by atoms with Crippen LogP contribution in [0.2, 0.25) is 0 Å². The summed E-state index contributed by atoms with van der Waals surface area (Å²) in [7, 11) is 1.62. The lowest BCUT2D eigenvalue weighted by molar-refractivity contribution is -0.908. The number of amides is 2. The SMILES string of the molecule is COc1ccc(CCNC(=O)C(=O)NCCC[NH+]2CCOCC2)cc1. The van der Waals surface area contributed by atoms with Gasteiger partial charge < -0.3 is 25.0 Å². The second kappa shape index (κ2) is 10.7. The molecule has 1 heterocycles. The molecule has 25 heavy (non-hydrogen) atoms. The van der Waals surface area contributed by atoms with E-state index in [4.69, 9.17) is 9.47 Å². The van der Waals surface area contributed by atoms with Crippen LogP contribution in [-0.2, 0) is 20.7 Å². The van der Waals surface area contributed by atoms with Gasteiger partial charge in [-0.05, 0) is 24.1 Å². The van der Waals surface area contributed by atoms with Crippen LogP contribution in [0.5, 0.6) is 5.75 Å². The molecule has 138 valence electrons. The summed E-state index contributed by atoms with van der Waals surface area (Å²) >= 11 is 0. The zero-order valence-corrected chi connectivity index (χ0v) is 14.8. The van der Waals surface area contributed by atoms with Crippen LogP contribution in [0.4, 0.5) is 0 Å². The highest BCUT2D eigenvalue weighted by atomic mass is 16.5. The fraction of sp³-hybridized carbons (Fsp3) is 0.556. The zero-order valence-electron chi connectivity index (χ0n) is 14.8. The van der Waals surface area contributed by atoms with Gasteiger partial charge in [0, 0.05) is 19.5 Å². The predicted octanol–water partition coefficient (Wildman–Crippen LogP) is -1.22. The van der Waals surface area contributed by atoms with Crippen LogP contribution in [0.3, 0.4) is 0 Å². The number of ether oxygens (including phenoxy) is 2. The molecule has 0 unspecified atom stereocenters. The van der Waals surface area contributed by atoms with Crippen molar-refractivity contribution in [3.63, 3.8) is 0 Å². The Morgan fingerprint density at radius 1 is 1.08 bits per heavy atom. The molecule has 1 aliphatic rings. The Balaban J connectivity index is 1.55. The van der Waals surface area contributed by atoms with Gasteiger partial charge in [-0.3, -0.25) is 9.59 Å². The smallest absolute Gasteiger partial charge is 0.309 e. The minimum Gasteiger partial charge on any atom is -0.497 e. The Kier molecular flexibility index (Phi) is 8.21. The Labute approximate surface area is 148 Å². The average molecular weight is 350 g/mol. The van der Waals surface area contributed by atoms with Gasteiger partial charge in [-0.25, -0.2) is 0 Å². The first-order chi connectivity index (χ1) is 12.2. The van der Waals surface area contributed by atoms with E-state index in [1.807, 2.05) is 24.3 Å². The van der Waals surface area contributed by atoms with Gasteiger partial charge in [0.25, 0.3) is 0 Å². The van der Waals surface area contributed by atoms with Crippen LogP contribution in [0.15, 0.2) is 24.3 Å². The Hall–Kier alpha value is -2.12. The first kappa shape index (κ1) is 19.2. The third kappa shape index (κ3) is 7.11. The van der Waals surface area contributed by atoms with Crippen molar-refractivity contribution in [1.29, 1.82) is 0 Å². The highest BCUT2D eigenvalue weighted by Crippen LogP contribution is 2.11. The van der Waals surface area contributed by atoms with E-state index >= 15 is 0 Å². The standard InChI is InChI=1S/C18H27N3O4/c1-24-16-5-3-15(4-6-16)7-9-20-18(23)17(22)19-8-2-10-21-11-13-25-14-12-21/h3-6H,2,7-14H2,1H3,(H,19,22)(H,20,23)/p+1. The van der Waals surface area contributed by atoms with Crippen LogP contribution < -0.4 is 20.3 Å². The summed E-state index contributed by atoms with van der Waals surface area (Å²) < 4.78 is 10.4. The largest absolute Gasteiger partial charge is 0.497 e. The van der Waals surface area contributed by atoms with Gasteiger partial charge in [0.15, 0.2) is 0 Å². The van der Waals surface area contributed by atoms with E-state index < -0.39 is 11.8 Å².